The number of H-pyrrole nitrogens is 1. The lowest BCUT2D eigenvalue weighted by Crippen LogP contribution is -2.30. The number of carboxylic acid groups (broad SMARTS) is 1. The lowest BCUT2D eigenvalue weighted by atomic mass is 10.1. The Morgan fingerprint density at radius 2 is 2.03 bits per heavy atom. The first-order valence-corrected chi connectivity index (χ1v) is 10.5. The topological polar surface area (TPSA) is 134 Å². The van der Waals surface area contributed by atoms with Crippen molar-refractivity contribution in [2.45, 2.75) is 52.6 Å². The highest BCUT2D eigenvalue weighted by Gasteiger charge is 2.20. The van der Waals surface area contributed by atoms with Crippen molar-refractivity contribution in [1.82, 2.24) is 19.7 Å². The van der Waals surface area contributed by atoms with E-state index in [0.29, 0.717) is 29.2 Å². The van der Waals surface area contributed by atoms with Crippen LogP contribution in [0.3, 0.4) is 0 Å². The maximum absolute atomic E-state index is 11.5. The zero-order chi connectivity index (χ0) is 22.9. The van der Waals surface area contributed by atoms with Gasteiger partial charge in [0, 0.05) is 17.8 Å². The summed E-state index contributed by atoms with van der Waals surface area (Å²) in [5, 5.41) is 20.4. The Kier molecular flexibility index (Phi) is 6.66. The number of aromatic carboxylic acids is 1. The summed E-state index contributed by atoms with van der Waals surface area (Å²) in [6, 6.07) is 4.67. The molecule has 1 atom stereocenters. The maximum Gasteiger partial charge on any atom is 0.337 e. The number of benzene rings is 1. The van der Waals surface area contributed by atoms with Crippen molar-refractivity contribution in [2.75, 3.05) is 11.9 Å². The molecule has 0 radical (unpaired) electrons. The molecule has 31 heavy (non-hydrogen) atoms. The molecule has 166 valence electrons. The molecule has 0 saturated carbocycles. The molecule has 0 amide bonds. The molecule has 1 unspecified atom stereocenters. The van der Waals surface area contributed by atoms with Crippen molar-refractivity contribution in [2.24, 2.45) is 10.7 Å². The zero-order valence-electron chi connectivity index (χ0n) is 18.3. The number of carbonyl (C=O) groups is 1. The average molecular weight is 446 g/mol. The van der Waals surface area contributed by atoms with Crippen LogP contribution in [-0.4, -0.2) is 43.4 Å². The van der Waals surface area contributed by atoms with Crippen LogP contribution in [-0.2, 0) is 0 Å². The van der Waals surface area contributed by atoms with E-state index in [1.54, 1.807) is 6.07 Å². The Morgan fingerprint density at radius 1 is 1.32 bits per heavy atom. The van der Waals surface area contributed by atoms with Gasteiger partial charge in [-0.3, -0.25) is 5.10 Å². The maximum atomic E-state index is 11.5. The van der Waals surface area contributed by atoms with Gasteiger partial charge in [0.2, 0.25) is 5.62 Å². The van der Waals surface area contributed by atoms with Crippen molar-refractivity contribution < 1.29 is 9.90 Å². The molecule has 9 nitrogen and oxygen atoms in total. The molecule has 0 saturated heterocycles. The molecule has 0 bridgehead atoms. The van der Waals surface area contributed by atoms with Crippen LogP contribution < -0.4 is 16.7 Å². The molecule has 0 aliphatic carbocycles. The molecule has 1 aromatic carbocycles. The average Bonchev–Trinajstić information content (AvgIpc) is 3.12. The van der Waals surface area contributed by atoms with Crippen molar-refractivity contribution in [1.29, 1.82) is 0 Å². The molecular formula is C21H28ClN7O2. The number of nitrogens with one attached hydrogen (secondary N) is 2. The smallest absolute Gasteiger partial charge is 0.337 e. The predicted molar refractivity (Wildman–Crippen MR) is 122 cm³/mol. The van der Waals surface area contributed by atoms with Crippen LogP contribution in [0.1, 0.15) is 62.6 Å². The summed E-state index contributed by atoms with van der Waals surface area (Å²) >= 11 is 6.01. The second-order valence-electron chi connectivity index (χ2n) is 8.16. The minimum absolute atomic E-state index is 0.00264. The molecular weight excluding hydrogens is 418 g/mol. The SMILES string of the molecule is CC(N)CN=c1nc(Nc2ccc(Cl)c(C(=O)O)c2)c2n[nH]c(C(C)C)c2n1C(C)C. The molecule has 0 aliphatic rings. The van der Waals surface area contributed by atoms with Crippen molar-refractivity contribution in [3.8, 4) is 0 Å². The number of aromatic amines is 1. The van der Waals surface area contributed by atoms with Gasteiger partial charge < -0.3 is 20.7 Å². The molecule has 3 aromatic rings. The monoisotopic (exact) mass is 445 g/mol. The van der Waals surface area contributed by atoms with Crippen LogP contribution in [0.2, 0.25) is 5.02 Å². The van der Waals surface area contributed by atoms with Gasteiger partial charge in [0.05, 0.1) is 28.3 Å². The summed E-state index contributed by atoms with van der Waals surface area (Å²) in [6.45, 7) is 10.6. The summed E-state index contributed by atoms with van der Waals surface area (Å²) in [5.74, 6) is -0.440. The first-order valence-electron chi connectivity index (χ1n) is 10.2. The van der Waals surface area contributed by atoms with Crippen LogP contribution in [0, 0.1) is 0 Å². The Labute approximate surface area is 185 Å². The molecule has 0 aliphatic heterocycles. The molecule has 2 heterocycles. The second kappa shape index (κ2) is 9.07. The van der Waals surface area contributed by atoms with Gasteiger partial charge in [0.15, 0.2) is 11.3 Å². The number of nitrogens with zero attached hydrogens (tertiary/aromatic N) is 4. The van der Waals surface area contributed by atoms with E-state index in [1.165, 1.54) is 12.1 Å². The summed E-state index contributed by atoms with van der Waals surface area (Å²) < 4.78 is 2.05. The highest BCUT2D eigenvalue weighted by Crippen LogP contribution is 2.30. The third-order valence-corrected chi connectivity index (χ3v) is 5.06. The van der Waals surface area contributed by atoms with Gasteiger partial charge in [-0.25, -0.2) is 9.79 Å². The quantitative estimate of drug-likeness (QED) is 0.436. The van der Waals surface area contributed by atoms with Gasteiger partial charge in [-0.1, -0.05) is 25.4 Å². The third kappa shape index (κ3) is 4.72. The summed E-state index contributed by atoms with van der Waals surface area (Å²) in [4.78, 5) is 20.8. The number of aromatic nitrogens is 4. The Balaban J connectivity index is 2.27. The first-order chi connectivity index (χ1) is 14.6. The number of nitrogens with two attached hydrogens (primary N) is 1. The molecule has 0 fully saturated rings. The van der Waals surface area contributed by atoms with Crippen LogP contribution in [0.4, 0.5) is 11.5 Å². The minimum atomic E-state index is -1.10. The lowest BCUT2D eigenvalue weighted by molar-refractivity contribution is 0.0697. The number of hydrogen-bond donors (Lipinski definition) is 4. The van der Waals surface area contributed by atoms with Gasteiger partial charge in [0.25, 0.3) is 0 Å². The molecule has 10 heteroatoms. The largest absolute Gasteiger partial charge is 0.478 e. The fourth-order valence-corrected chi connectivity index (χ4v) is 3.48. The van der Waals surface area contributed by atoms with Gasteiger partial charge in [-0.15, -0.1) is 0 Å². The normalized spacial score (nSPS) is 13.4. The summed E-state index contributed by atoms with van der Waals surface area (Å²) in [7, 11) is 0. The van der Waals surface area contributed by atoms with Crippen LogP contribution in [0.5, 0.6) is 0 Å². The molecule has 5 N–H and O–H groups in total. The van der Waals surface area contributed by atoms with Crippen LogP contribution in [0.25, 0.3) is 11.0 Å². The fourth-order valence-electron chi connectivity index (χ4n) is 3.29. The van der Waals surface area contributed by atoms with Crippen LogP contribution >= 0.6 is 11.6 Å². The van der Waals surface area contributed by atoms with E-state index >= 15 is 0 Å². The number of carboxylic acids is 1. The Hall–Kier alpha value is -2.91. The molecule has 3 rings (SSSR count). The van der Waals surface area contributed by atoms with Crippen molar-refractivity contribution in [3.63, 3.8) is 0 Å². The van der Waals surface area contributed by atoms with Gasteiger partial charge in [0.1, 0.15) is 0 Å². The number of anilines is 2. The molecule has 0 spiro atoms. The highest BCUT2D eigenvalue weighted by atomic mass is 35.5. The standard InChI is InChI=1S/C21H28ClN7O2/c1-10(2)16-18-17(28-27-16)19(25-13-6-7-15(22)14(8-13)20(30)31)26-21(24-9-12(5)23)29(18)11(3)4/h6-8,10-12H,9,23H2,1-5H3,(H,27,28)(H,30,31)(H,24,25,26). The Morgan fingerprint density at radius 3 is 2.61 bits per heavy atom. The second-order valence-corrected chi connectivity index (χ2v) is 8.56. The summed E-state index contributed by atoms with van der Waals surface area (Å²) in [5.41, 5.74) is 9.50. The minimum Gasteiger partial charge on any atom is -0.478 e. The van der Waals surface area contributed by atoms with E-state index in [2.05, 4.69) is 48.2 Å². The van der Waals surface area contributed by atoms with Gasteiger partial charge >= 0.3 is 5.97 Å². The summed E-state index contributed by atoms with van der Waals surface area (Å²) in [6.07, 6.45) is 0. The van der Waals surface area contributed by atoms with E-state index in [0.717, 1.165) is 11.2 Å². The number of halogens is 1. The van der Waals surface area contributed by atoms with Gasteiger partial charge in [-0.05, 0) is 44.9 Å². The molecule has 2 aromatic heterocycles. The highest BCUT2D eigenvalue weighted by molar-refractivity contribution is 6.33. The third-order valence-electron chi connectivity index (χ3n) is 4.73. The number of hydrogen-bond acceptors (Lipinski definition) is 6. The van der Waals surface area contributed by atoms with E-state index in [9.17, 15) is 9.90 Å². The van der Waals surface area contributed by atoms with E-state index in [4.69, 9.17) is 22.3 Å². The van der Waals surface area contributed by atoms with E-state index in [-0.39, 0.29) is 28.6 Å². The van der Waals surface area contributed by atoms with Crippen molar-refractivity contribution >= 4 is 40.1 Å². The van der Waals surface area contributed by atoms with E-state index in [1.807, 2.05) is 11.5 Å². The van der Waals surface area contributed by atoms with Crippen LogP contribution in [0.15, 0.2) is 23.2 Å². The number of fused-ring (bicyclic) bond motifs is 1. The van der Waals surface area contributed by atoms with Gasteiger partial charge in [-0.2, -0.15) is 10.1 Å². The fraction of sp³-hybridized carbons (Fsp3) is 0.429. The Bertz CT molecular complexity index is 1180. The number of rotatable bonds is 7. The van der Waals surface area contributed by atoms with E-state index < -0.39 is 5.97 Å². The first kappa shape index (κ1) is 22.8. The lowest BCUT2D eigenvalue weighted by Gasteiger charge is -2.17. The zero-order valence-corrected chi connectivity index (χ0v) is 19.0. The predicted octanol–water partition coefficient (Wildman–Crippen LogP) is 3.81. The van der Waals surface area contributed by atoms with Crippen molar-refractivity contribution in [3.05, 3.63) is 40.1 Å².